The van der Waals surface area contributed by atoms with E-state index in [2.05, 4.69) is 10.4 Å². The second-order valence-corrected chi connectivity index (χ2v) is 5.33. The number of nitrogens with one attached hydrogen (secondary N) is 1. The van der Waals surface area contributed by atoms with Crippen molar-refractivity contribution in [2.45, 2.75) is 0 Å². The zero-order valence-electron chi connectivity index (χ0n) is 14.7. The molecular weight excluding hydrogens is 334 g/mol. The number of rotatable bonds is 6. The number of ether oxygens (including phenoxy) is 3. The molecule has 7 heteroatoms. The molecule has 0 spiro atoms. The predicted octanol–water partition coefficient (Wildman–Crippen LogP) is 3.15. The van der Waals surface area contributed by atoms with Gasteiger partial charge >= 0.3 is 0 Å². The number of nitrogens with zero attached hydrogens (tertiary/aromatic N) is 2. The summed E-state index contributed by atoms with van der Waals surface area (Å²) in [6.07, 6.45) is 3.48. The normalized spacial score (nSPS) is 10.3. The quantitative estimate of drug-likeness (QED) is 0.737. The highest BCUT2D eigenvalue weighted by Crippen LogP contribution is 2.35. The molecule has 134 valence electrons. The van der Waals surface area contributed by atoms with Gasteiger partial charge in [0.1, 0.15) is 5.75 Å². The van der Waals surface area contributed by atoms with Crippen molar-refractivity contribution in [2.24, 2.45) is 0 Å². The van der Waals surface area contributed by atoms with Crippen molar-refractivity contribution >= 4 is 11.6 Å². The zero-order chi connectivity index (χ0) is 18.5. The second-order valence-electron chi connectivity index (χ2n) is 5.33. The third kappa shape index (κ3) is 3.32. The molecule has 1 heterocycles. The molecule has 0 unspecified atom stereocenters. The number of para-hydroxylation sites is 2. The van der Waals surface area contributed by atoms with E-state index in [1.54, 1.807) is 23.0 Å². The molecule has 0 aliphatic rings. The summed E-state index contributed by atoms with van der Waals surface area (Å²) in [6.45, 7) is 0. The topological polar surface area (TPSA) is 74.6 Å². The van der Waals surface area contributed by atoms with Crippen LogP contribution >= 0.6 is 0 Å². The molecular formula is C19H19N3O4. The first-order chi connectivity index (χ1) is 12.7. The monoisotopic (exact) mass is 353 g/mol. The summed E-state index contributed by atoms with van der Waals surface area (Å²) in [6, 6.07) is 12.4. The second kappa shape index (κ2) is 7.60. The number of amides is 1. The van der Waals surface area contributed by atoms with Gasteiger partial charge in [-0.1, -0.05) is 12.1 Å². The molecule has 7 nitrogen and oxygen atoms in total. The van der Waals surface area contributed by atoms with Crippen LogP contribution in [-0.4, -0.2) is 37.0 Å². The summed E-state index contributed by atoms with van der Waals surface area (Å²) >= 11 is 0. The maximum Gasteiger partial charge on any atom is 0.259 e. The van der Waals surface area contributed by atoms with E-state index in [4.69, 9.17) is 14.2 Å². The van der Waals surface area contributed by atoms with Gasteiger partial charge in [-0.25, -0.2) is 4.68 Å². The van der Waals surface area contributed by atoms with E-state index in [0.29, 0.717) is 28.5 Å². The van der Waals surface area contributed by atoms with Crippen molar-refractivity contribution in [3.8, 4) is 22.9 Å². The molecule has 26 heavy (non-hydrogen) atoms. The van der Waals surface area contributed by atoms with Gasteiger partial charge in [0, 0.05) is 24.5 Å². The van der Waals surface area contributed by atoms with Crippen molar-refractivity contribution in [3.05, 3.63) is 60.4 Å². The molecule has 1 N–H and O–H groups in total. The van der Waals surface area contributed by atoms with Crippen LogP contribution in [0.3, 0.4) is 0 Å². The summed E-state index contributed by atoms with van der Waals surface area (Å²) in [7, 11) is 4.53. The van der Waals surface area contributed by atoms with Gasteiger partial charge in [-0.15, -0.1) is 0 Å². The van der Waals surface area contributed by atoms with E-state index >= 15 is 0 Å². The fourth-order valence-corrected chi connectivity index (χ4v) is 2.59. The Hall–Kier alpha value is -3.48. The predicted molar refractivity (Wildman–Crippen MR) is 97.6 cm³/mol. The van der Waals surface area contributed by atoms with Crippen molar-refractivity contribution in [1.29, 1.82) is 0 Å². The Balaban J connectivity index is 1.97. The Labute approximate surface area is 151 Å². The van der Waals surface area contributed by atoms with Gasteiger partial charge in [0.2, 0.25) is 0 Å². The molecule has 1 aromatic heterocycles. The van der Waals surface area contributed by atoms with Crippen LogP contribution in [0.5, 0.6) is 17.2 Å². The molecule has 1 amide bonds. The van der Waals surface area contributed by atoms with E-state index in [0.717, 1.165) is 5.69 Å². The number of benzene rings is 2. The smallest absolute Gasteiger partial charge is 0.259 e. The number of anilines is 1. The molecule has 3 aromatic rings. The SMILES string of the molecule is COc1cc(OC)c(C(=O)Nc2ccccc2-n2cccn2)cc1OC. The minimum atomic E-state index is -0.331. The maximum atomic E-state index is 12.9. The van der Waals surface area contributed by atoms with Crippen LogP contribution in [0, 0.1) is 0 Å². The lowest BCUT2D eigenvalue weighted by molar-refractivity contribution is 0.102. The van der Waals surface area contributed by atoms with Gasteiger partial charge < -0.3 is 19.5 Å². The van der Waals surface area contributed by atoms with Gasteiger partial charge in [0.05, 0.1) is 38.3 Å². The van der Waals surface area contributed by atoms with E-state index in [9.17, 15) is 4.79 Å². The van der Waals surface area contributed by atoms with E-state index in [1.807, 2.05) is 36.5 Å². The molecule has 0 saturated carbocycles. The zero-order valence-corrected chi connectivity index (χ0v) is 14.7. The minimum absolute atomic E-state index is 0.331. The third-order valence-electron chi connectivity index (χ3n) is 3.85. The number of methoxy groups -OCH3 is 3. The molecule has 0 saturated heterocycles. The number of hydrogen-bond donors (Lipinski definition) is 1. The van der Waals surface area contributed by atoms with Gasteiger partial charge in [-0.2, -0.15) is 5.10 Å². The Morgan fingerprint density at radius 2 is 1.65 bits per heavy atom. The molecule has 3 rings (SSSR count). The van der Waals surface area contributed by atoms with Crippen LogP contribution in [0.25, 0.3) is 5.69 Å². The fourth-order valence-electron chi connectivity index (χ4n) is 2.59. The number of aromatic nitrogens is 2. The lowest BCUT2D eigenvalue weighted by Gasteiger charge is -2.15. The van der Waals surface area contributed by atoms with Crippen LogP contribution in [-0.2, 0) is 0 Å². The number of carbonyl (C=O) groups excluding carboxylic acids is 1. The van der Waals surface area contributed by atoms with Crippen LogP contribution in [0.1, 0.15) is 10.4 Å². The lowest BCUT2D eigenvalue weighted by Crippen LogP contribution is -2.15. The standard InChI is InChI=1S/C19H19N3O4/c1-24-16-12-18(26-3)17(25-2)11-13(16)19(23)21-14-7-4-5-8-15(14)22-10-6-9-20-22/h4-12H,1-3H3,(H,21,23). The van der Waals surface area contributed by atoms with Crippen LogP contribution in [0.4, 0.5) is 5.69 Å². The van der Waals surface area contributed by atoms with Crippen LogP contribution in [0.2, 0.25) is 0 Å². The molecule has 0 aliphatic heterocycles. The maximum absolute atomic E-state index is 12.9. The van der Waals surface area contributed by atoms with Gasteiger partial charge in [-0.3, -0.25) is 4.79 Å². The molecule has 0 radical (unpaired) electrons. The van der Waals surface area contributed by atoms with E-state index in [1.165, 1.54) is 21.3 Å². The summed E-state index contributed by atoms with van der Waals surface area (Å²) in [5.41, 5.74) is 1.71. The average molecular weight is 353 g/mol. The molecule has 2 aromatic carbocycles. The number of hydrogen-bond acceptors (Lipinski definition) is 5. The highest BCUT2D eigenvalue weighted by atomic mass is 16.5. The molecule has 0 aliphatic carbocycles. The van der Waals surface area contributed by atoms with Gasteiger partial charge in [0.15, 0.2) is 11.5 Å². The van der Waals surface area contributed by atoms with Crippen LogP contribution in [0.15, 0.2) is 54.9 Å². The third-order valence-corrected chi connectivity index (χ3v) is 3.85. The van der Waals surface area contributed by atoms with Crippen molar-refractivity contribution < 1.29 is 19.0 Å². The Bertz CT molecular complexity index is 907. The van der Waals surface area contributed by atoms with E-state index in [-0.39, 0.29) is 5.91 Å². The molecule has 0 fully saturated rings. The largest absolute Gasteiger partial charge is 0.496 e. The van der Waals surface area contributed by atoms with Crippen LogP contribution < -0.4 is 19.5 Å². The average Bonchev–Trinajstić information content (AvgIpc) is 3.21. The van der Waals surface area contributed by atoms with Crippen molar-refractivity contribution in [2.75, 3.05) is 26.6 Å². The highest BCUT2D eigenvalue weighted by Gasteiger charge is 2.19. The summed E-state index contributed by atoms with van der Waals surface area (Å²) in [5, 5.41) is 7.12. The summed E-state index contributed by atoms with van der Waals surface area (Å²) < 4.78 is 17.6. The number of carbonyl (C=O) groups is 1. The van der Waals surface area contributed by atoms with Gasteiger partial charge in [0.25, 0.3) is 5.91 Å². The van der Waals surface area contributed by atoms with Gasteiger partial charge in [-0.05, 0) is 18.2 Å². The van der Waals surface area contributed by atoms with Crippen molar-refractivity contribution in [3.63, 3.8) is 0 Å². The fraction of sp³-hybridized carbons (Fsp3) is 0.158. The first-order valence-corrected chi connectivity index (χ1v) is 7.88. The lowest BCUT2D eigenvalue weighted by atomic mass is 10.1. The first kappa shape index (κ1) is 17.3. The molecule has 0 atom stereocenters. The molecule has 0 bridgehead atoms. The highest BCUT2D eigenvalue weighted by molar-refractivity contribution is 6.07. The summed E-state index contributed by atoms with van der Waals surface area (Å²) in [5.74, 6) is 0.982. The van der Waals surface area contributed by atoms with E-state index < -0.39 is 0 Å². The van der Waals surface area contributed by atoms with Crippen molar-refractivity contribution in [1.82, 2.24) is 9.78 Å². The Morgan fingerprint density at radius 3 is 2.31 bits per heavy atom. The Kier molecular flexibility index (Phi) is 5.07. The Morgan fingerprint density at radius 1 is 0.962 bits per heavy atom. The first-order valence-electron chi connectivity index (χ1n) is 7.88. The minimum Gasteiger partial charge on any atom is -0.496 e. The summed E-state index contributed by atoms with van der Waals surface area (Å²) in [4.78, 5) is 12.9.